The molecule has 2 rings (SSSR count). The van der Waals surface area contributed by atoms with E-state index in [1.165, 1.54) is 32.1 Å². The van der Waals surface area contributed by atoms with Crippen LogP contribution in [0.4, 0.5) is 4.70 Å². The Balaban J connectivity index is -0.0000000846. The molecule has 11 heavy (non-hydrogen) atoms. The summed E-state index contributed by atoms with van der Waals surface area (Å²) in [6.45, 7) is 0. The summed E-state index contributed by atoms with van der Waals surface area (Å²) in [6.07, 6.45) is 11.5. The van der Waals surface area contributed by atoms with E-state index in [-0.39, 0.29) is 10.2 Å². The molecule has 0 aliphatic heterocycles. The molecule has 0 bridgehead atoms. The van der Waals surface area contributed by atoms with Crippen molar-refractivity contribution < 1.29 is 15.3 Å². The van der Waals surface area contributed by atoms with Crippen LogP contribution in [0, 0.1) is 12.8 Å². The monoisotopic (exact) mass is 164 g/mol. The van der Waals surface area contributed by atoms with Crippen molar-refractivity contribution in [3.05, 3.63) is 12.8 Å². The highest BCUT2D eigenvalue weighted by Crippen LogP contribution is 2.13. The molecule has 4 radical (unpaired) electrons. The van der Waals surface area contributed by atoms with E-state index in [1.54, 1.807) is 0 Å². The van der Waals surface area contributed by atoms with E-state index in [1.807, 2.05) is 0 Å². The lowest BCUT2D eigenvalue weighted by atomic mass is 10.0. The lowest BCUT2D eigenvalue weighted by Crippen LogP contribution is -1.87. The van der Waals surface area contributed by atoms with Crippen LogP contribution in [0.5, 0.6) is 0 Å². The Bertz CT molecular complexity index is 38.6. The molecule has 2 fully saturated rings. The summed E-state index contributed by atoms with van der Waals surface area (Å²) in [5, 5.41) is 8.25. The summed E-state index contributed by atoms with van der Waals surface area (Å²) in [6, 6.07) is 0. The van der Waals surface area contributed by atoms with E-state index in [9.17, 15) is 0 Å². The van der Waals surface area contributed by atoms with Gasteiger partial charge < -0.3 is 0 Å². The van der Waals surface area contributed by atoms with Crippen molar-refractivity contribution in [2.75, 3.05) is 7.11 Å². The molecule has 0 saturated heterocycles. The van der Waals surface area contributed by atoms with Crippen LogP contribution in [0.1, 0.15) is 32.1 Å². The van der Waals surface area contributed by atoms with Crippen molar-refractivity contribution in [3.8, 4) is 0 Å². The first-order valence-corrected chi connectivity index (χ1v) is 3.54. The quantitative estimate of drug-likeness (QED) is 0.571. The zero-order valence-electron chi connectivity index (χ0n) is 6.95. The highest BCUT2D eigenvalue weighted by molar-refractivity contribution is 4.79. The molecule has 0 heterocycles. The van der Waals surface area contributed by atoms with Gasteiger partial charge in [0.15, 0.2) is 0 Å². The Morgan fingerprint density at radius 1 is 0.909 bits per heavy atom. The zero-order valence-corrected chi connectivity index (χ0v) is 6.95. The predicted molar refractivity (Wildman–Crippen MR) is 42.7 cm³/mol. The fourth-order valence-corrected chi connectivity index (χ4v) is 0.204. The maximum absolute atomic E-state index is 8.25. The SMILES string of the molecule is C[O].F.[CH]1CC1.[CH]1CCC1.[OH]. The number of halogens is 1. The standard InChI is InChI=1S/C4H7.C3H5.CH3O.FH.HO/c1-2-4-3-1;1-2-3-1;1-2;;/h1H,2-4H2;1H,2-3H2;1H3;2*1H. The van der Waals surface area contributed by atoms with Crippen LogP contribution in [0.3, 0.4) is 0 Å². The van der Waals surface area contributed by atoms with Crippen molar-refractivity contribution >= 4 is 0 Å². The smallest absolute Gasteiger partial charge is 0.0712 e. The van der Waals surface area contributed by atoms with Gasteiger partial charge in [-0.15, -0.1) is 0 Å². The number of rotatable bonds is 0. The van der Waals surface area contributed by atoms with Gasteiger partial charge >= 0.3 is 0 Å². The minimum atomic E-state index is 0. The Hall–Kier alpha value is -0.150. The highest BCUT2D eigenvalue weighted by atomic mass is 19.0. The minimum absolute atomic E-state index is 0. The third-order valence-electron chi connectivity index (χ3n) is 1.11. The number of hydrogen-bond donors (Lipinski definition) is 1. The molecule has 0 spiro atoms. The Labute approximate surface area is 68.3 Å². The van der Waals surface area contributed by atoms with Crippen LogP contribution in [0.15, 0.2) is 0 Å². The highest BCUT2D eigenvalue weighted by Gasteiger charge is 1.96. The first-order valence-electron chi connectivity index (χ1n) is 3.54. The van der Waals surface area contributed by atoms with E-state index in [4.69, 9.17) is 5.11 Å². The predicted octanol–water partition coefficient (Wildman–Crippen LogP) is 2.38. The van der Waals surface area contributed by atoms with Crippen molar-refractivity contribution in [2.45, 2.75) is 32.1 Å². The summed E-state index contributed by atoms with van der Waals surface area (Å²) in [5.41, 5.74) is 0. The second-order valence-corrected chi connectivity index (χ2v) is 2.09. The van der Waals surface area contributed by atoms with E-state index in [0.717, 1.165) is 7.11 Å². The van der Waals surface area contributed by atoms with Gasteiger partial charge in [-0.2, -0.15) is 0 Å². The molecule has 3 heteroatoms. The topological polar surface area (TPSA) is 49.9 Å². The molecule has 0 aromatic carbocycles. The lowest BCUT2D eigenvalue weighted by molar-refractivity contribution is 0.282. The van der Waals surface area contributed by atoms with E-state index >= 15 is 0 Å². The van der Waals surface area contributed by atoms with Crippen LogP contribution < -0.4 is 0 Å². The summed E-state index contributed by atoms with van der Waals surface area (Å²) < 4.78 is 0. The molecule has 68 valence electrons. The Morgan fingerprint density at radius 3 is 1.09 bits per heavy atom. The summed E-state index contributed by atoms with van der Waals surface area (Å²) in [5.74, 6) is 0. The molecule has 0 unspecified atom stereocenters. The molecule has 0 amide bonds. The molecule has 2 aliphatic rings. The van der Waals surface area contributed by atoms with Gasteiger partial charge in [-0.3, -0.25) is 10.2 Å². The maximum atomic E-state index is 8.25. The normalized spacial score (nSPS) is 15.8. The van der Waals surface area contributed by atoms with Gasteiger partial charge in [0, 0.05) is 0 Å². The molecule has 0 aromatic heterocycles. The second kappa shape index (κ2) is 16.4. The molecule has 2 aliphatic carbocycles. The summed E-state index contributed by atoms with van der Waals surface area (Å²) in [7, 11) is 0.750. The van der Waals surface area contributed by atoms with E-state index < -0.39 is 0 Å². The molecule has 2 saturated carbocycles. The van der Waals surface area contributed by atoms with Crippen molar-refractivity contribution in [1.82, 2.24) is 0 Å². The lowest BCUT2D eigenvalue weighted by Gasteiger charge is -2.05. The van der Waals surface area contributed by atoms with Crippen molar-refractivity contribution in [3.63, 3.8) is 0 Å². The minimum Gasteiger partial charge on any atom is -0.269 e. The number of hydrogen-bond acceptors (Lipinski definition) is 0. The van der Waals surface area contributed by atoms with Crippen LogP contribution in [-0.2, 0) is 5.11 Å². The van der Waals surface area contributed by atoms with Gasteiger partial charge in [0.25, 0.3) is 0 Å². The van der Waals surface area contributed by atoms with Crippen molar-refractivity contribution in [1.29, 1.82) is 0 Å². The zero-order chi connectivity index (χ0) is 6.95. The van der Waals surface area contributed by atoms with Gasteiger partial charge in [0.05, 0.1) is 7.11 Å². The molecular weight excluding hydrogens is 147 g/mol. The van der Waals surface area contributed by atoms with Gasteiger partial charge in [0.2, 0.25) is 0 Å². The fourth-order valence-electron chi connectivity index (χ4n) is 0.204. The molecular formula is C8H17FO2. The molecule has 1 N–H and O–H groups in total. The van der Waals surface area contributed by atoms with Crippen LogP contribution in [-0.4, -0.2) is 12.6 Å². The van der Waals surface area contributed by atoms with Gasteiger partial charge in [-0.05, 0) is 25.7 Å². The molecule has 0 atom stereocenters. The third-order valence-corrected chi connectivity index (χ3v) is 1.11. The van der Waals surface area contributed by atoms with Gasteiger partial charge in [-0.25, -0.2) is 5.11 Å². The molecule has 2 nitrogen and oxygen atoms in total. The first kappa shape index (κ1) is 17.1. The molecule has 0 aromatic rings. The summed E-state index contributed by atoms with van der Waals surface area (Å²) >= 11 is 0. The second-order valence-electron chi connectivity index (χ2n) is 2.09. The maximum Gasteiger partial charge on any atom is 0.0712 e. The average Bonchev–Trinajstić information content (AvgIpc) is 2.46. The average molecular weight is 164 g/mol. The first-order chi connectivity index (χ1) is 4.50. The van der Waals surface area contributed by atoms with E-state index in [0.29, 0.717) is 0 Å². The Kier molecular flexibility index (Phi) is 25.5. The van der Waals surface area contributed by atoms with Gasteiger partial charge in [0.1, 0.15) is 0 Å². The largest absolute Gasteiger partial charge is 0.269 e. The third kappa shape index (κ3) is 25.8. The fraction of sp³-hybridized carbons (Fsp3) is 0.750. The van der Waals surface area contributed by atoms with E-state index in [2.05, 4.69) is 12.8 Å². The summed E-state index contributed by atoms with van der Waals surface area (Å²) in [4.78, 5) is 0. The van der Waals surface area contributed by atoms with Gasteiger partial charge in [-0.1, -0.05) is 19.3 Å². The Morgan fingerprint density at radius 2 is 1.09 bits per heavy atom. The van der Waals surface area contributed by atoms with Crippen molar-refractivity contribution in [2.24, 2.45) is 0 Å². The van der Waals surface area contributed by atoms with Crippen LogP contribution >= 0.6 is 0 Å². The van der Waals surface area contributed by atoms with Crippen LogP contribution in [0.2, 0.25) is 0 Å². The van der Waals surface area contributed by atoms with Crippen LogP contribution in [0.25, 0.3) is 0 Å².